The molecule has 0 aliphatic heterocycles. The number of nitrogen functional groups attached to an aromatic ring is 1. The molecular weight excluding hydrogens is 234 g/mol. The van der Waals surface area contributed by atoms with Gasteiger partial charge in [-0.2, -0.15) is 0 Å². The fourth-order valence-corrected chi connectivity index (χ4v) is 1.35. The van der Waals surface area contributed by atoms with Gasteiger partial charge in [-0.15, -0.1) is 0 Å². The van der Waals surface area contributed by atoms with Crippen molar-refractivity contribution in [3.63, 3.8) is 0 Å². The zero-order chi connectivity index (χ0) is 13.4. The van der Waals surface area contributed by atoms with E-state index in [1.165, 1.54) is 0 Å². The monoisotopic (exact) mass is 253 g/mol. The van der Waals surface area contributed by atoms with E-state index in [2.05, 4.69) is 15.3 Å². The third kappa shape index (κ3) is 5.44. The number of amides is 1. The minimum atomic E-state index is -0.309. The molecule has 0 atom stereocenters. The van der Waals surface area contributed by atoms with Gasteiger partial charge in [0.2, 0.25) is 5.91 Å². The number of carbonyl (C=O) groups is 1. The summed E-state index contributed by atoms with van der Waals surface area (Å²) in [5.74, 6) is 1.24. The molecule has 1 rings (SSSR count). The normalized spacial score (nSPS) is 10.3. The molecular formula is C11H19N5O2. The Bertz CT molecular complexity index is 397. The third-order valence-electron chi connectivity index (χ3n) is 2.13. The van der Waals surface area contributed by atoms with Crippen molar-refractivity contribution < 1.29 is 9.53 Å². The molecule has 1 aromatic rings. The van der Waals surface area contributed by atoms with Crippen LogP contribution in [0.25, 0.3) is 0 Å². The Balaban J connectivity index is 2.48. The summed E-state index contributed by atoms with van der Waals surface area (Å²) in [5.41, 5.74) is 10.7. The van der Waals surface area contributed by atoms with Crippen molar-refractivity contribution in [2.24, 2.45) is 5.73 Å². The van der Waals surface area contributed by atoms with Gasteiger partial charge in [0.25, 0.3) is 0 Å². The van der Waals surface area contributed by atoms with Gasteiger partial charge in [-0.3, -0.25) is 4.79 Å². The molecule has 1 heterocycles. The van der Waals surface area contributed by atoms with Gasteiger partial charge in [-0.05, 0) is 13.3 Å². The van der Waals surface area contributed by atoms with Crippen LogP contribution in [0.4, 0.5) is 11.6 Å². The maximum Gasteiger partial charge on any atom is 0.217 e. The molecule has 0 saturated heterocycles. The van der Waals surface area contributed by atoms with Crippen molar-refractivity contribution in [1.82, 2.24) is 9.97 Å². The molecule has 100 valence electrons. The molecule has 7 nitrogen and oxygen atoms in total. The highest BCUT2D eigenvalue weighted by molar-refractivity contribution is 5.73. The predicted octanol–water partition coefficient (Wildman–Crippen LogP) is 0.273. The summed E-state index contributed by atoms with van der Waals surface area (Å²) in [4.78, 5) is 18.9. The van der Waals surface area contributed by atoms with Crippen molar-refractivity contribution in [3.8, 4) is 0 Å². The minimum absolute atomic E-state index is 0.309. The number of nitrogens with one attached hydrogen (secondary N) is 1. The van der Waals surface area contributed by atoms with Crippen molar-refractivity contribution in [3.05, 3.63) is 11.9 Å². The van der Waals surface area contributed by atoms with Gasteiger partial charge < -0.3 is 21.5 Å². The number of hydrogen-bond donors (Lipinski definition) is 3. The first-order chi connectivity index (χ1) is 8.61. The van der Waals surface area contributed by atoms with Gasteiger partial charge in [0, 0.05) is 25.6 Å². The first-order valence-corrected chi connectivity index (χ1v) is 5.85. The molecule has 1 amide bonds. The van der Waals surface area contributed by atoms with Gasteiger partial charge in [0.05, 0.1) is 0 Å². The average Bonchev–Trinajstić information content (AvgIpc) is 2.31. The van der Waals surface area contributed by atoms with Gasteiger partial charge in [-0.25, -0.2) is 9.97 Å². The Morgan fingerprint density at radius 2 is 2.28 bits per heavy atom. The minimum Gasteiger partial charge on any atom is -0.384 e. The first kappa shape index (κ1) is 14.2. The SMILES string of the molecule is CCOCc1nc(N)cc(NCCCC(N)=O)n1. The van der Waals surface area contributed by atoms with Crippen LogP contribution in [-0.4, -0.2) is 29.0 Å². The van der Waals surface area contributed by atoms with E-state index >= 15 is 0 Å². The van der Waals surface area contributed by atoms with Crippen molar-refractivity contribution in [2.75, 3.05) is 24.2 Å². The van der Waals surface area contributed by atoms with E-state index in [4.69, 9.17) is 16.2 Å². The van der Waals surface area contributed by atoms with Crippen LogP contribution in [0.5, 0.6) is 0 Å². The fraction of sp³-hybridized carbons (Fsp3) is 0.545. The quantitative estimate of drug-likeness (QED) is 0.573. The van der Waals surface area contributed by atoms with Crippen molar-refractivity contribution >= 4 is 17.5 Å². The standard InChI is InChI=1S/C11H19N5O2/c1-2-18-7-11-15-8(12)6-10(16-11)14-5-3-4-9(13)17/h6H,2-5,7H2,1H3,(H2,13,17)(H3,12,14,15,16). The number of ether oxygens (including phenoxy) is 1. The second-order valence-electron chi connectivity index (χ2n) is 3.73. The highest BCUT2D eigenvalue weighted by Crippen LogP contribution is 2.09. The Morgan fingerprint density at radius 3 is 2.94 bits per heavy atom. The van der Waals surface area contributed by atoms with E-state index in [9.17, 15) is 4.79 Å². The summed E-state index contributed by atoms with van der Waals surface area (Å²) in [7, 11) is 0. The molecule has 0 radical (unpaired) electrons. The zero-order valence-corrected chi connectivity index (χ0v) is 10.5. The van der Waals surface area contributed by atoms with Crippen LogP contribution in [0, 0.1) is 0 Å². The maximum absolute atomic E-state index is 10.6. The van der Waals surface area contributed by atoms with E-state index < -0.39 is 0 Å². The highest BCUT2D eigenvalue weighted by Gasteiger charge is 2.03. The number of carbonyl (C=O) groups excluding carboxylic acids is 1. The second-order valence-corrected chi connectivity index (χ2v) is 3.73. The number of rotatable bonds is 8. The van der Waals surface area contributed by atoms with Gasteiger partial charge in [-0.1, -0.05) is 0 Å². The van der Waals surface area contributed by atoms with Crippen LogP contribution in [0.3, 0.4) is 0 Å². The Labute approximate surface area is 106 Å². The number of nitrogens with zero attached hydrogens (tertiary/aromatic N) is 2. The number of nitrogens with two attached hydrogens (primary N) is 2. The Kier molecular flexibility index (Phi) is 5.86. The summed E-state index contributed by atoms with van der Waals surface area (Å²) in [6.45, 7) is 3.43. The van der Waals surface area contributed by atoms with Gasteiger partial charge in [0.15, 0.2) is 5.82 Å². The molecule has 18 heavy (non-hydrogen) atoms. The summed E-state index contributed by atoms with van der Waals surface area (Å²) in [5, 5.41) is 3.06. The number of primary amides is 1. The van der Waals surface area contributed by atoms with E-state index in [0.717, 1.165) is 0 Å². The largest absolute Gasteiger partial charge is 0.384 e. The van der Waals surface area contributed by atoms with Crippen molar-refractivity contribution in [2.45, 2.75) is 26.4 Å². The fourth-order valence-electron chi connectivity index (χ4n) is 1.35. The second kappa shape index (κ2) is 7.44. The lowest BCUT2D eigenvalue weighted by molar-refractivity contribution is -0.118. The van der Waals surface area contributed by atoms with E-state index in [1.54, 1.807) is 6.07 Å². The van der Waals surface area contributed by atoms with Gasteiger partial charge >= 0.3 is 0 Å². The lowest BCUT2D eigenvalue weighted by atomic mass is 10.3. The molecule has 0 aliphatic rings. The van der Waals surface area contributed by atoms with Crippen LogP contribution >= 0.6 is 0 Å². The van der Waals surface area contributed by atoms with Crippen LogP contribution in [-0.2, 0) is 16.1 Å². The van der Waals surface area contributed by atoms with E-state index in [-0.39, 0.29) is 5.91 Å². The Morgan fingerprint density at radius 1 is 1.50 bits per heavy atom. The highest BCUT2D eigenvalue weighted by atomic mass is 16.5. The van der Waals surface area contributed by atoms with Crippen LogP contribution in [0.15, 0.2) is 6.07 Å². The number of aromatic nitrogens is 2. The van der Waals surface area contributed by atoms with Gasteiger partial charge in [0.1, 0.15) is 18.2 Å². The lowest BCUT2D eigenvalue weighted by Crippen LogP contribution is -2.13. The van der Waals surface area contributed by atoms with Crippen LogP contribution in [0.2, 0.25) is 0 Å². The average molecular weight is 253 g/mol. The summed E-state index contributed by atoms with van der Waals surface area (Å²) >= 11 is 0. The molecule has 1 aromatic heterocycles. The summed E-state index contributed by atoms with van der Waals surface area (Å²) < 4.78 is 5.22. The molecule has 0 spiro atoms. The maximum atomic E-state index is 10.6. The topological polar surface area (TPSA) is 116 Å². The predicted molar refractivity (Wildman–Crippen MR) is 68.7 cm³/mol. The van der Waals surface area contributed by atoms with E-state index in [1.807, 2.05) is 6.92 Å². The molecule has 0 unspecified atom stereocenters. The van der Waals surface area contributed by atoms with E-state index in [0.29, 0.717) is 50.1 Å². The lowest BCUT2D eigenvalue weighted by Gasteiger charge is -2.08. The molecule has 0 aliphatic carbocycles. The van der Waals surface area contributed by atoms with Crippen LogP contribution in [0.1, 0.15) is 25.6 Å². The van der Waals surface area contributed by atoms with Crippen molar-refractivity contribution in [1.29, 1.82) is 0 Å². The summed E-state index contributed by atoms with van der Waals surface area (Å²) in [6.07, 6.45) is 0.999. The summed E-state index contributed by atoms with van der Waals surface area (Å²) in [6, 6.07) is 1.64. The molecule has 0 fully saturated rings. The first-order valence-electron chi connectivity index (χ1n) is 5.85. The molecule has 0 aromatic carbocycles. The number of anilines is 2. The zero-order valence-electron chi connectivity index (χ0n) is 10.5. The Hall–Kier alpha value is -1.89. The van der Waals surface area contributed by atoms with Crippen LogP contribution < -0.4 is 16.8 Å². The molecule has 7 heteroatoms. The smallest absolute Gasteiger partial charge is 0.217 e. The molecule has 5 N–H and O–H groups in total. The number of hydrogen-bond acceptors (Lipinski definition) is 6. The molecule has 0 saturated carbocycles. The molecule has 0 bridgehead atoms. The third-order valence-corrected chi connectivity index (χ3v) is 2.13.